The highest BCUT2D eigenvalue weighted by Crippen LogP contribution is 2.30. The minimum atomic E-state index is -0.0882. The molecule has 3 aromatic rings. The Labute approximate surface area is 151 Å². The number of hydrogen-bond acceptors (Lipinski definition) is 3. The van der Waals surface area contributed by atoms with Crippen LogP contribution >= 0.6 is 11.6 Å². The smallest absolute Gasteiger partial charge is 0.228 e. The Morgan fingerprint density at radius 3 is 2.72 bits per heavy atom. The largest absolute Gasteiger partial charge is 0.491 e. The average Bonchev–Trinajstić information content (AvgIpc) is 2.63. The van der Waals surface area contributed by atoms with E-state index in [1.165, 1.54) is 0 Å². The van der Waals surface area contributed by atoms with Gasteiger partial charge in [-0.15, -0.1) is 0 Å². The van der Waals surface area contributed by atoms with Crippen LogP contribution in [0.25, 0.3) is 10.9 Å². The van der Waals surface area contributed by atoms with Crippen LogP contribution in [0.3, 0.4) is 0 Å². The SMILES string of the molecule is CCCOc1ccc(NC(=O)Cc2ccc(Cl)cc2)c2cccnc12. The lowest BCUT2D eigenvalue weighted by Gasteiger charge is -2.12. The van der Waals surface area contributed by atoms with E-state index in [0.717, 1.165) is 34.3 Å². The van der Waals surface area contributed by atoms with Crippen LogP contribution in [0.2, 0.25) is 5.02 Å². The van der Waals surface area contributed by atoms with Gasteiger partial charge in [-0.05, 0) is 48.4 Å². The van der Waals surface area contributed by atoms with Crippen molar-refractivity contribution in [3.8, 4) is 5.75 Å². The first-order valence-electron chi connectivity index (χ1n) is 8.22. The average molecular weight is 355 g/mol. The molecule has 0 bridgehead atoms. The van der Waals surface area contributed by atoms with Crippen LogP contribution in [0.1, 0.15) is 18.9 Å². The number of rotatable bonds is 6. The zero-order valence-corrected chi connectivity index (χ0v) is 14.7. The number of hydrogen-bond donors (Lipinski definition) is 1. The van der Waals surface area contributed by atoms with E-state index in [-0.39, 0.29) is 12.3 Å². The second-order valence-electron chi connectivity index (χ2n) is 5.71. The molecule has 0 aliphatic rings. The van der Waals surface area contributed by atoms with Crippen molar-refractivity contribution in [3.63, 3.8) is 0 Å². The van der Waals surface area contributed by atoms with Gasteiger partial charge in [-0.1, -0.05) is 30.7 Å². The molecule has 0 aliphatic heterocycles. The lowest BCUT2D eigenvalue weighted by molar-refractivity contribution is -0.115. The van der Waals surface area contributed by atoms with Crippen molar-refractivity contribution in [1.82, 2.24) is 4.98 Å². The summed E-state index contributed by atoms with van der Waals surface area (Å²) in [5.74, 6) is 0.642. The maximum Gasteiger partial charge on any atom is 0.228 e. The number of benzene rings is 2. The number of pyridine rings is 1. The van der Waals surface area contributed by atoms with E-state index in [2.05, 4.69) is 17.2 Å². The molecule has 0 fully saturated rings. The molecule has 0 saturated heterocycles. The number of fused-ring (bicyclic) bond motifs is 1. The van der Waals surface area contributed by atoms with E-state index in [4.69, 9.17) is 16.3 Å². The van der Waals surface area contributed by atoms with E-state index >= 15 is 0 Å². The van der Waals surface area contributed by atoms with Crippen LogP contribution in [0.5, 0.6) is 5.75 Å². The molecule has 1 heterocycles. The summed E-state index contributed by atoms with van der Waals surface area (Å²) in [6.45, 7) is 2.69. The third kappa shape index (κ3) is 4.28. The topological polar surface area (TPSA) is 51.2 Å². The van der Waals surface area contributed by atoms with Gasteiger partial charge in [0.05, 0.1) is 18.7 Å². The Morgan fingerprint density at radius 1 is 1.16 bits per heavy atom. The number of nitrogens with one attached hydrogen (secondary N) is 1. The molecule has 25 heavy (non-hydrogen) atoms. The molecule has 1 amide bonds. The second-order valence-corrected chi connectivity index (χ2v) is 6.15. The summed E-state index contributed by atoms with van der Waals surface area (Å²) >= 11 is 5.87. The van der Waals surface area contributed by atoms with E-state index in [1.807, 2.05) is 36.4 Å². The van der Waals surface area contributed by atoms with Gasteiger partial charge in [0.2, 0.25) is 5.91 Å². The fraction of sp³-hybridized carbons (Fsp3) is 0.200. The Bertz CT molecular complexity index is 879. The third-order valence-electron chi connectivity index (χ3n) is 3.75. The Balaban J connectivity index is 1.81. The van der Waals surface area contributed by atoms with Crippen molar-refractivity contribution in [3.05, 3.63) is 65.3 Å². The molecule has 1 N–H and O–H groups in total. The monoisotopic (exact) mass is 354 g/mol. The highest BCUT2D eigenvalue weighted by molar-refractivity contribution is 6.30. The standard InChI is InChI=1S/C20H19ClN2O2/c1-2-12-25-18-10-9-17(16-4-3-11-22-20(16)18)23-19(24)13-14-5-7-15(21)8-6-14/h3-11H,2,12-13H2,1H3,(H,23,24). The molecule has 0 atom stereocenters. The number of amides is 1. The summed E-state index contributed by atoms with van der Waals surface area (Å²) in [6.07, 6.45) is 2.93. The summed E-state index contributed by atoms with van der Waals surface area (Å²) in [5.41, 5.74) is 2.39. The fourth-order valence-electron chi connectivity index (χ4n) is 2.57. The first-order chi connectivity index (χ1) is 12.2. The van der Waals surface area contributed by atoms with Crippen LogP contribution in [-0.4, -0.2) is 17.5 Å². The van der Waals surface area contributed by atoms with Crippen LogP contribution in [0, 0.1) is 0 Å². The van der Waals surface area contributed by atoms with Gasteiger partial charge in [0, 0.05) is 16.6 Å². The van der Waals surface area contributed by atoms with Gasteiger partial charge in [-0.3, -0.25) is 9.78 Å². The molecule has 0 spiro atoms. The molecule has 2 aromatic carbocycles. The van der Waals surface area contributed by atoms with Gasteiger partial charge >= 0.3 is 0 Å². The molecule has 0 saturated carbocycles. The van der Waals surface area contributed by atoms with Gasteiger partial charge in [0.15, 0.2) is 0 Å². The highest BCUT2D eigenvalue weighted by atomic mass is 35.5. The van der Waals surface area contributed by atoms with Crippen molar-refractivity contribution in [2.75, 3.05) is 11.9 Å². The van der Waals surface area contributed by atoms with E-state index in [0.29, 0.717) is 11.6 Å². The Hall–Kier alpha value is -2.59. The van der Waals surface area contributed by atoms with Gasteiger partial charge in [0.1, 0.15) is 11.3 Å². The third-order valence-corrected chi connectivity index (χ3v) is 4.00. The van der Waals surface area contributed by atoms with Crippen molar-refractivity contribution < 1.29 is 9.53 Å². The van der Waals surface area contributed by atoms with E-state index in [9.17, 15) is 4.79 Å². The number of aromatic nitrogens is 1. The molecule has 0 radical (unpaired) electrons. The van der Waals surface area contributed by atoms with Crippen molar-refractivity contribution in [2.24, 2.45) is 0 Å². The minimum Gasteiger partial charge on any atom is -0.491 e. The molecular weight excluding hydrogens is 336 g/mol. The summed E-state index contributed by atoms with van der Waals surface area (Å²) in [6, 6.07) is 14.7. The number of anilines is 1. The summed E-state index contributed by atoms with van der Waals surface area (Å²) < 4.78 is 5.75. The molecule has 128 valence electrons. The van der Waals surface area contributed by atoms with Gasteiger partial charge in [0.25, 0.3) is 0 Å². The summed E-state index contributed by atoms with van der Waals surface area (Å²) in [5, 5.41) is 4.48. The summed E-state index contributed by atoms with van der Waals surface area (Å²) in [4.78, 5) is 16.8. The van der Waals surface area contributed by atoms with Crippen LogP contribution in [0.15, 0.2) is 54.7 Å². The number of halogens is 1. The quantitative estimate of drug-likeness (QED) is 0.687. The minimum absolute atomic E-state index is 0.0882. The lowest BCUT2D eigenvalue weighted by atomic mass is 10.1. The van der Waals surface area contributed by atoms with Crippen LogP contribution in [-0.2, 0) is 11.2 Å². The second kappa shape index (κ2) is 7.99. The van der Waals surface area contributed by atoms with E-state index in [1.54, 1.807) is 18.3 Å². The predicted molar refractivity (Wildman–Crippen MR) is 101 cm³/mol. The molecule has 0 unspecified atom stereocenters. The van der Waals surface area contributed by atoms with Gasteiger partial charge in [-0.25, -0.2) is 0 Å². The van der Waals surface area contributed by atoms with Crippen molar-refractivity contribution in [2.45, 2.75) is 19.8 Å². The summed E-state index contributed by atoms with van der Waals surface area (Å²) in [7, 11) is 0. The Morgan fingerprint density at radius 2 is 1.96 bits per heavy atom. The van der Waals surface area contributed by atoms with Gasteiger partial charge in [-0.2, -0.15) is 0 Å². The number of carbonyl (C=O) groups is 1. The lowest BCUT2D eigenvalue weighted by Crippen LogP contribution is -2.14. The zero-order valence-electron chi connectivity index (χ0n) is 14.0. The molecule has 1 aromatic heterocycles. The zero-order chi connectivity index (χ0) is 17.6. The molecule has 4 nitrogen and oxygen atoms in total. The predicted octanol–water partition coefficient (Wildman–Crippen LogP) is 4.86. The van der Waals surface area contributed by atoms with Crippen molar-refractivity contribution >= 4 is 34.1 Å². The maximum absolute atomic E-state index is 12.4. The normalized spacial score (nSPS) is 10.6. The van der Waals surface area contributed by atoms with Gasteiger partial charge < -0.3 is 10.1 Å². The first-order valence-corrected chi connectivity index (χ1v) is 8.60. The number of carbonyl (C=O) groups excluding carboxylic acids is 1. The number of ether oxygens (including phenoxy) is 1. The van der Waals surface area contributed by atoms with Crippen LogP contribution in [0.4, 0.5) is 5.69 Å². The highest BCUT2D eigenvalue weighted by Gasteiger charge is 2.11. The van der Waals surface area contributed by atoms with Crippen LogP contribution < -0.4 is 10.1 Å². The maximum atomic E-state index is 12.4. The first kappa shape index (κ1) is 17.2. The Kier molecular flexibility index (Phi) is 5.51. The molecule has 0 aliphatic carbocycles. The molecular formula is C20H19ClN2O2. The molecule has 3 rings (SSSR count). The fourth-order valence-corrected chi connectivity index (χ4v) is 2.69. The molecule has 5 heteroatoms. The number of nitrogens with zero attached hydrogens (tertiary/aromatic N) is 1. The van der Waals surface area contributed by atoms with Crippen molar-refractivity contribution in [1.29, 1.82) is 0 Å². The van der Waals surface area contributed by atoms with E-state index < -0.39 is 0 Å².